The number of aromatic nitrogens is 1. The van der Waals surface area contributed by atoms with E-state index in [0.29, 0.717) is 21.5 Å². The Balaban J connectivity index is 2.26. The van der Waals surface area contributed by atoms with Gasteiger partial charge in [-0.1, -0.05) is 45.7 Å². The molecule has 1 N–H and O–H groups in total. The molecule has 0 saturated heterocycles. The standard InChI is InChI=1S/C22H19BrClNO5/c1-3-29-21(27)18(22(28)30-4-2)17-15-9-8-14(24)11-16(15)25-19(17)20(26)12-6-5-7-13(23)10-12/h5-11,18,25H,3-4H2,1-2H3. The van der Waals surface area contributed by atoms with Gasteiger partial charge in [0.05, 0.1) is 18.9 Å². The van der Waals surface area contributed by atoms with Crippen LogP contribution >= 0.6 is 27.5 Å². The average Bonchev–Trinajstić information content (AvgIpc) is 3.06. The van der Waals surface area contributed by atoms with Crippen LogP contribution in [0.2, 0.25) is 5.02 Å². The first-order valence-corrected chi connectivity index (χ1v) is 10.5. The minimum absolute atomic E-state index is 0.0812. The Morgan fingerprint density at radius 1 is 1.03 bits per heavy atom. The van der Waals surface area contributed by atoms with Gasteiger partial charge in [0.15, 0.2) is 5.92 Å². The number of hydrogen-bond donors (Lipinski definition) is 1. The number of ketones is 1. The summed E-state index contributed by atoms with van der Waals surface area (Å²) in [7, 11) is 0. The molecule has 0 aliphatic heterocycles. The highest BCUT2D eigenvalue weighted by Crippen LogP contribution is 2.34. The molecule has 0 radical (unpaired) electrons. The van der Waals surface area contributed by atoms with E-state index >= 15 is 0 Å². The van der Waals surface area contributed by atoms with E-state index in [1.54, 1.807) is 56.3 Å². The Morgan fingerprint density at radius 2 is 1.70 bits per heavy atom. The lowest BCUT2D eigenvalue weighted by Crippen LogP contribution is -2.27. The number of nitrogens with one attached hydrogen (secondary N) is 1. The maximum absolute atomic E-state index is 13.3. The predicted molar refractivity (Wildman–Crippen MR) is 117 cm³/mol. The van der Waals surface area contributed by atoms with Gasteiger partial charge in [-0.15, -0.1) is 0 Å². The zero-order valence-electron chi connectivity index (χ0n) is 16.3. The average molecular weight is 493 g/mol. The number of H-pyrrole nitrogens is 1. The van der Waals surface area contributed by atoms with E-state index < -0.39 is 17.9 Å². The topological polar surface area (TPSA) is 85.5 Å². The third-order valence-corrected chi connectivity index (χ3v) is 5.18. The molecule has 30 heavy (non-hydrogen) atoms. The number of aromatic amines is 1. The highest BCUT2D eigenvalue weighted by Gasteiger charge is 2.37. The first-order chi connectivity index (χ1) is 14.4. The molecule has 0 fully saturated rings. The minimum atomic E-state index is -1.41. The van der Waals surface area contributed by atoms with Crippen LogP contribution in [-0.4, -0.2) is 35.9 Å². The second-order valence-corrected chi connectivity index (χ2v) is 7.73. The molecule has 6 nitrogen and oxygen atoms in total. The van der Waals surface area contributed by atoms with Crippen LogP contribution in [0.5, 0.6) is 0 Å². The summed E-state index contributed by atoms with van der Waals surface area (Å²) in [6.07, 6.45) is 0. The summed E-state index contributed by atoms with van der Waals surface area (Å²) in [4.78, 5) is 41.9. The highest BCUT2D eigenvalue weighted by molar-refractivity contribution is 9.10. The molecule has 8 heteroatoms. The Bertz CT molecular complexity index is 1110. The Labute approximate surface area is 186 Å². The molecule has 3 aromatic rings. The van der Waals surface area contributed by atoms with E-state index in [4.69, 9.17) is 21.1 Å². The number of carbonyl (C=O) groups is 3. The maximum Gasteiger partial charge on any atom is 0.324 e. The van der Waals surface area contributed by atoms with Gasteiger partial charge in [0, 0.05) is 31.5 Å². The summed E-state index contributed by atoms with van der Waals surface area (Å²) in [5.74, 6) is -3.35. The lowest BCUT2D eigenvalue weighted by Gasteiger charge is -2.16. The summed E-state index contributed by atoms with van der Waals surface area (Å²) >= 11 is 9.46. The molecule has 0 atom stereocenters. The molecule has 0 bridgehead atoms. The minimum Gasteiger partial charge on any atom is -0.465 e. The van der Waals surface area contributed by atoms with E-state index in [1.807, 2.05) is 0 Å². The van der Waals surface area contributed by atoms with Crippen molar-refractivity contribution >= 4 is 56.2 Å². The Hall–Kier alpha value is -2.64. The Kier molecular flexibility index (Phi) is 6.95. The first kappa shape index (κ1) is 22.1. The summed E-state index contributed by atoms with van der Waals surface area (Å²) in [6.45, 7) is 3.45. The summed E-state index contributed by atoms with van der Waals surface area (Å²) in [5, 5.41) is 0.962. The molecular weight excluding hydrogens is 474 g/mol. The molecule has 3 rings (SSSR count). The van der Waals surface area contributed by atoms with Crippen LogP contribution < -0.4 is 0 Å². The van der Waals surface area contributed by atoms with Gasteiger partial charge < -0.3 is 14.5 Å². The van der Waals surface area contributed by atoms with Crippen LogP contribution in [0.3, 0.4) is 0 Å². The predicted octanol–water partition coefficient (Wildman–Crippen LogP) is 5.02. The molecule has 0 aliphatic rings. The van der Waals surface area contributed by atoms with Crippen molar-refractivity contribution in [3.8, 4) is 0 Å². The first-order valence-electron chi connectivity index (χ1n) is 9.32. The van der Waals surface area contributed by atoms with Crippen molar-refractivity contribution in [2.75, 3.05) is 13.2 Å². The monoisotopic (exact) mass is 491 g/mol. The highest BCUT2D eigenvalue weighted by atomic mass is 79.9. The van der Waals surface area contributed by atoms with E-state index in [2.05, 4.69) is 20.9 Å². The van der Waals surface area contributed by atoms with Crippen LogP contribution in [-0.2, 0) is 19.1 Å². The van der Waals surface area contributed by atoms with Crippen LogP contribution in [0.1, 0.15) is 41.4 Å². The third kappa shape index (κ3) is 4.42. The number of fused-ring (bicyclic) bond motifs is 1. The molecule has 1 heterocycles. The van der Waals surface area contributed by atoms with Crippen LogP contribution in [0.15, 0.2) is 46.9 Å². The third-order valence-electron chi connectivity index (χ3n) is 4.45. The Morgan fingerprint density at radius 3 is 2.30 bits per heavy atom. The number of halogens is 2. The van der Waals surface area contributed by atoms with E-state index in [0.717, 1.165) is 4.47 Å². The molecule has 0 aliphatic carbocycles. The normalized spacial score (nSPS) is 11.0. The van der Waals surface area contributed by atoms with Crippen molar-refractivity contribution in [1.29, 1.82) is 0 Å². The summed E-state index contributed by atoms with van der Waals surface area (Å²) in [5.41, 5.74) is 1.23. The second-order valence-electron chi connectivity index (χ2n) is 6.38. The lowest BCUT2D eigenvalue weighted by molar-refractivity contribution is -0.156. The van der Waals surface area contributed by atoms with Gasteiger partial charge in [0.25, 0.3) is 0 Å². The molecular formula is C22H19BrClNO5. The molecule has 156 valence electrons. The molecule has 0 spiro atoms. The number of carbonyl (C=O) groups excluding carboxylic acids is 3. The summed E-state index contributed by atoms with van der Waals surface area (Å²) < 4.78 is 11.0. The van der Waals surface area contributed by atoms with Crippen molar-refractivity contribution in [3.05, 3.63) is 68.8 Å². The van der Waals surface area contributed by atoms with Crippen molar-refractivity contribution in [1.82, 2.24) is 4.98 Å². The fourth-order valence-corrected chi connectivity index (χ4v) is 3.80. The van der Waals surface area contributed by atoms with Gasteiger partial charge >= 0.3 is 11.9 Å². The number of hydrogen-bond acceptors (Lipinski definition) is 5. The fraction of sp³-hybridized carbons (Fsp3) is 0.227. The van der Waals surface area contributed by atoms with Gasteiger partial charge in [-0.05, 0) is 38.1 Å². The van der Waals surface area contributed by atoms with Crippen molar-refractivity contribution < 1.29 is 23.9 Å². The van der Waals surface area contributed by atoms with E-state index in [-0.39, 0.29) is 30.3 Å². The maximum atomic E-state index is 13.3. The number of benzene rings is 2. The van der Waals surface area contributed by atoms with Crippen LogP contribution in [0.25, 0.3) is 10.9 Å². The largest absolute Gasteiger partial charge is 0.465 e. The van der Waals surface area contributed by atoms with E-state index in [9.17, 15) is 14.4 Å². The molecule has 0 amide bonds. The number of rotatable bonds is 7. The molecule has 1 aromatic heterocycles. The van der Waals surface area contributed by atoms with Crippen molar-refractivity contribution in [2.24, 2.45) is 0 Å². The van der Waals surface area contributed by atoms with Gasteiger partial charge in [0.1, 0.15) is 0 Å². The second kappa shape index (κ2) is 9.45. The SMILES string of the molecule is CCOC(=O)C(C(=O)OCC)c1c(C(=O)c2cccc(Br)c2)[nH]c2cc(Cl)ccc12. The molecule has 0 saturated carbocycles. The fourth-order valence-electron chi connectivity index (χ4n) is 3.23. The molecule has 2 aromatic carbocycles. The zero-order valence-corrected chi connectivity index (χ0v) is 18.7. The van der Waals surface area contributed by atoms with Crippen molar-refractivity contribution in [3.63, 3.8) is 0 Å². The van der Waals surface area contributed by atoms with Gasteiger partial charge in [-0.3, -0.25) is 14.4 Å². The number of ether oxygens (including phenoxy) is 2. The van der Waals surface area contributed by atoms with E-state index in [1.165, 1.54) is 0 Å². The van der Waals surface area contributed by atoms with Gasteiger partial charge in [-0.25, -0.2) is 0 Å². The van der Waals surface area contributed by atoms with Crippen molar-refractivity contribution in [2.45, 2.75) is 19.8 Å². The van der Waals surface area contributed by atoms with Crippen LogP contribution in [0, 0.1) is 0 Å². The van der Waals surface area contributed by atoms with Gasteiger partial charge in [0.2, 0.25) is 5.78 Å². The quantitative estimate of drug-likeness (QED) is 0.284. The van der Waals surface area contributed by atoms with Gasteiger partial charge in [-0.2, -0.15) is 0 Å². The number of esters is 2. The summed E-state index contributed by atoms with van der Waals surface area (Å²) in [6, 6.07) is 11.8. The lowest BCUT2D eigenvalue weighted by atomic mass is 9.93. The van der Waals surface area contributed by atoms with Crippen LogP contribution in [0.4, 0.5) is 0 Å². The zero-order chi connectivity index (χ0) is 21.8. The molecule has 0 unspecified atom stereocenters. The smallest absolute Gasteiger partial charge is 0.324 e.